The summed E-state index contributed by atoms with van der Waals surface area (Å²) in [5.41, 5.74) is 5.85. The molecule has 1 spiro atoms. The van der Waals surface area contributed by atoms with Crippen molar-refractivity contribution in [3.63, 3.8) is 0 Å². The van der Waals surface area contributed by atoms with Crippen molar-refractivity contribution in [2.75, 3.05) is 26.3 Å². The summed E-state index contributed by atoms with van der Waals surface area (Å²) in [6.45, 7) is 14.4. The van der Waals surface area contributed by atoms with Crippen molar-refractivity contribution in [3.8, 4) is 17.0 Å². The zero-order chi connectivity index (χ0) is 30.3. The number of amides is 2. The van der Waals surface area contributed by atoms with Crippen LogP contribution in [0.15, 0.2) is 18.2 Å². The maximum Gasteiger partial charge on any atom is 0.253 e. The van der Waals surface area contributed by atoms with Crippen LogP contribution >= 0.6 is 0 Å². The van der Waals surface area contributed by atoms with E-state index in [2.05, 4.69) is 61.1 Å². The highest BCUT2D eigenvalue weighted by molar-refractivity contribution is 5.97. The highest BCUT2D eigenvalue weighted by Gasteiger charge is 2.49. The van der Waals surface area contributed by atoms with Crippen molar-refractivity contribution in [3.05, 3.63) is 40.6 Å². The number of aliphatic hydroxyl groups excluding tert-OH is 1. The largest absolute Gasteiger partial charge is 0.493 e. The molecule has 3 N–H and O–H groups in total. The molecule has 2 aliphatic carbocycles. The lowest BCUT2D eigenvalue weighted by Crippen LogP contribution is -2.45. The second-order valence-corrected chi connectivity index (χ2v) is 14.7. The van der Waals surface area contributed by atoms with E-state index in [4.69, 9.17) is 9.84 Å². The number of benzene rings is 1. The second kappa shape index (κ2) is 11.7. The molecule has 2 aromatic rings. The van der Waals surface area contributed by atoms with Crippen LogP contribution in [0.3, 0.4) is 0 Å². The molecule has 7 nitrogen and oxygen atoms in total. The minimum atomic E-state index is -0.801. The third-order valence-corrected chi connectivity index (χ3v) is 9.92. The summed E-state index contributed by atoms with van der Waals surface area (Å²) in [7, 11) is 0. The van der Waals surface area contributed by atoms with Gasteiger partial charge in [-0.3, -0.25) is 9.59 Å². The molecule has 42 heavy (non-hydrogen) atoms. The van der Waals surface area contributed by atoms with Gasteiger partial charge in [0.15, 0.2) is 0 Å². The van der Waals surface area contributed by atoms with Crippen LogP contribution in [0.4, 0.5) is 0 Å². The zero-order valence-electron chi connectivity index (χ0n) is 26.6. The Morgan fingerprint density at radius 1 is 1.02 bits per heavy atom. The highest BCUT2D eigenvalue weighted by atomic mass is 16.5. The molecule has 0 bridgehead atoms. The molecule has 0 atom stereocenters. The first-order valence-corrected chi connectivity index (χ1v) is 16.1. The number of ether oxygens (including phenoxy) is 1. The van der Waals surface area contributed by atoms with Crippen molar-refractivity contribution in [1.82, 2.24) is 15.2 Å². The van der Waals surface area contributed by atoms with E-state index in [1.54, 1.807) is 0 Å². The first kappa shape index (κ1) is 30.7. The summed E-state index contributed by atoms with van der Waals surface area (Å²) < 4.78 is 8.75. The Morgan fingerprint density at radius 3 is 2.38 bits per heavy atom. The van der Waals surface area contributed by atoms with Gasteiger partial charge in [0.2, 0.25) is 5.91 Å². The fraction of sp³-hybridized carbons (Fsp3) is 0.657. The Balaban J connectivity index is 1.53. The average molecular weight is 578 g/mol. The third kappa shape index (κ3) is 6.13. The van der Waals surface area contributed by atoms with Crippen molar-refractivity contribution in [2.45, 2.75) is 110 Å². The van der Waals surface area contributed by atoms with E-state index >= 15 is 0 Å². The highest BCUT2D eigenvalue weighted by Crippen LogP contribution is 2.58. The predicted octanol–water partition coefficient (Wildman–Crippen LogP) is 6.02. The molecule has 1 aromatic carbocycles. The minimum Gasteiger partial charge on any atom is -0.493 e. The van der Waals surface area contributed by atoms with Gasteiger partial charge in [-0.2, -0.15) is 0 Å². The van der Waals surface area contributed by atoms with E-state index in [-0.39, 0.29) is 42.3 Å². The van der Waals surface area contributed by atoms with Crippen LogP contribution in [0, 0.1) is 18.3 Å². The van der Waals surface area contributed by atoms with Crippen molar-refractivity contribution in [1.29, 1.82) is 0 Å². The van der Waals surface area contributed by atoms with E-state index in [0.29, 0.717) is 11.5 Å². The van der Waals surface area contributed by atoms with Crippen LogP contribution in [0.1, 0.15) is 113 Å². The summed E-state index contributed by atoms with van der Waals surface area (Å²) in [6, 6.07) is 6.74. The molecule has 5 rings (SSSR count). The summed E-state index contributed by atoms with van der Waals surface area (Å²) in [4.78, 5) is 26.3. The lowest BCUT2D eigenvalue weighted by atomic mass is 9.79. The molecule has 1 aromatic heterocycles. The average Bonchev–Trinajstić information content (AvgIpc) is 3.66. The molecule has 230 valence electrons. The number of hydrogen-bond donors (Lipinski definition) is 3. The smallest absolute Gasteiger partial charge is 0.253 e. The molecule has 0 radical (unpaired) electrons. The molecule has 2 fully saturated rings. The number of hydrogen-bond acceptors (Lipinski definition) is 4. The second-order valence-electron chi connectivity index (χ2n) is 14.7. The summed E-state index contributed by atoms with van der Waals surface area (Å²) >= 11 is 0. The van der Waals surface area contributed by atoms with Crippen molar-refractivity contribution in [2.24, 2.45) is 11.3 Å². The van der Waals surface area contributed by atoms with E-state index in [0.717, 1.165) is 42.3 Å². The van der Waals surface area contributed by atoms with Gasteiger partial charge in [0.25, 0.3) is 5.91 Å². The van der Waals surface area contributed by atoms with Crippen LogP contribution in [-0.2, 0) is 22.2 Å². The minimum absolute atomic E-state index is 0.0776. The van der Waals surface area contributed by atoms with Gasteiger partial charge in [-0.25, -0.2) is 0 Å². The van der Waals surface area contributed by atoms with Crippen LogP contribution < -0.4 is 15.4 Å². The number of aliphatic hydroxyl groups is 1. The summed E-state index contributed by atoms with van der Waals surface area (Å²) in [5, 5.41) is 14.9. The number of rotatable bonds is 9. The monoisotopic (exact) mass is 577 g/mol. The van der Waals surface area contributed by atoms with Gasteiger partial charge in [-0.05, 0) is 88.0 Å². The Kier molecular flexibility index (Phi) is 8.54. The van der Waals surface area contributed by atoms with E-state index in [1.165, 1.54) is 56.1 Å². The Hall–Kier alpha value is -2.80. The van der Waals surface area contributed by atoms with Crippen molar-refractivity contribution >= 4 is 11.8 Å². The molecule has 0 unspecified atom stereocenters. The van der Waals surface area contributed by atoms with Gasteiger partial charge in [0.1, 0.15) is 5.75 Å². The molecular weight excluding hydrogens is 526 g/mol. The van der Waals surface area contributed by atoms with Crippen LogP contribution in [0.5, 0.6) is 5.75 Å². The fourth-order valence-corrected chi connectivity index (χ4v) is 6.90. The van der Waals surface area contributed by atoms with Gasteiger partial charge in [0.05, 0.1) is 24.2 Å². The predicted molar refractivity (Wildman–Crippen MR) is 167 cm³/mol. The maximum atomic E-state index is 13.7. The molecular formula is C35H51N3O4. The van der Waals surface area contributed by atoms with Crippen molar-refractivity contribution < 1.29 is 19.4 Å². The normalized spacial score (nSPS) is 18.4. The Morgan fingerprint density at radius 2 is 1.74 bits per heavy atom. The van der Waals surface area contributed by atoms with E-state index in [1.807, 2.05) is 13.8 Å². The SMILES string of the molecule is Cc1c(C(=O)NCC(C)(C)C(=O)NCCO)cc(-c2cc(C(C)(C)C)c3c(c2)C2(CCO3)CC2)n1CC1CCCCC1. The fourth-order valence-electron chi connectivity index (χ4n) is 6.90. The number of carbonyl (C=O) groups excluding carboxylic acids is 2. The lowest BCUT2D eigenvalue weighted by Gasteiger charge is -2.33. The molecule has 2 amide bonds. The van der Waals surface area contributed by atoms with Crippen LogP contribution in [0.25, 0.3) is 11.3 Å². The third-order valence-electron chi connectivity index (χ3n) is 9.92. The van der Waals surface area contributed by atoms with E-state index in [9.17, 15) is 9.59 Å². The van der Waals surface area contributed by atoms with E-state index < -0.39 is 5.41 Å². The van der Waals surface area contributed by atoms with Gasteiger partial charge < -0.3 is 25.0 Å². The number of carbonyl (C=O) groups is 2. The zero-order valence-corrected chi connectivity index (χ0v) is 26.6. The Bertz CT molecular complexity index is 1310. The quantitative estimate of drug-likeness (QED) is 0.340. The number of nitrogens with one attached hydrogen (secondary N) is 2. The number of nitrogens with zero attached hydrogens (tertiary/aromatic N) is 1. The Labute approximate surface area is 251 Å². The molecule has 1 aliphatic heterocycles. The standard InChI is InChI=1S/C35H51N3O4/c1-23-26(31(40)37-22-34(5,6)32(41)36-15-16-39)20-29(38(23)21-24-10-8-7-9-11-24)25-18-27(33(2,3)4)30-28(19-25)35(12-13-35)14-17-42-30/h18-20,24,39H,7-17,21-22H2,1-6H3,(H,36,41)(H,37,40). The van der Waals surface area contributed by atoms with Gasteiger partial charge >= 0.3 is 0 Å². The van der Waals surface area contributed by atoms with Gasteiger partial charge in [-0.1, -0.05) is 40.0 Å². The number of aromatic nitrogens is 1. The molecule has 2 saturated carbocycles. The lowest BCUT2D eigenvalue weighted by molar-refractivity contribution is -0.129. The molecule has 0 saturated heterocycles. The van der Waals surface area contributed by atoms with Gasteiger partial charge in [-0.15, -0.1) is 0 Å². The van der Waals surface area contributed by atoms with Crippen LogP contribution in [-0.4, -0.2) is 47.8 Å². The molecule has 2 heterocycles. The maximum absolute atomic E-state index is 13.7. The first-order valence-electron chi connectivity index (χ1n) is 16.1. The van der Waals surface area contributed by atoms with Gasteiger partial charge in [0, 0.05) is 47.6 Å². The topological polar surface area (TPSA) is 92.6 Å². The summed E-state index contributed by atoms with van der Waals surface area (Å²) in [5.74, 6) is 1.34. The number of fused-ring (bicyclic) bond motifs is 2. The van der Waals surface area contributed by atoms with Crippen LogP contribution in [0.2, 0.25) is 0 Å². The summed E-state index contributed by atoms with van der Waals surface area (Å²) in [6.07, 6.45) is 9.81. The first-order chi connectivity index (χ1) is 19.9. The molecule has 7 heteroatoms. The molecule has 3 aliphatic rings.